The summed E-state index contributed by atoms with van der Waals surface area (Å²) in [5.74, 6) is 0.0854. The Morgan fingerprint density at radius 2 is 1.51 bits per heavy atom. The number of hydrogen-bond acceptors (Lipinski definition) is 4. The van der Waals surface area contributed by atoms with E-state index in [-0.39, 0.29) is 17.4 Å². The lowest BCUT2D eigenvalue weighted by molar-refractivity contribution is -0.118. The highest BCUT2D eigenvalue weighted by Crippen LogP contribution is 2.31. The Morgan fingerprint density at radius 3 is 2.24 bits per heavy atom. The van der Waals surface area contributed by atoms with Crippen LogP contribution < -0.4 is 14.8 Å². The highest BCUT2D eigenvalue weighted by atomic mass is 32.2. The van der Waals surface area contributed by atoms with Crippen LogP contribution in [0.2, 0.25) is 0 Å². The number of amides is 1. The fourth-order valence-electron chi connectivity index (χ4n) is 4.37. The number of nitrogens with zero attached hydrogens (tertiary/aromatic N) is 1. The predicted molar refractivity (Wildman–Crippen MR) is 148 cm³/mol. The van der Waals surface area contributed by atoms with Gasteiger partial charge in [0.1, 0.15) is 5.75 Å². The van der Waals surface area contributed by atoms with Crippen molar-refractivity contribution in [3.05, 3.63) is 96.6 Å². The van der Waals surface area contributed by atoms with Crippen LogP contribution in [0, 0.1) is 6.92 Å². The molecule has 0 bridgehead atoms. The summed E-state index contributed by atoms with van der Waals surface area (Å²) in [5, 5.41) is 5.10. The van der Waals surface area contributed by atoms with E-state index in [1.54, 1.807) is 12.1 Å². The Hall–Kier alpha value is -4.30. The molecule has 0 fully saturated rings. The molecule has 0 radical (unpaired) electrons. The van der Waals surface area contributed by atoms with Crippen molar-refractivity contribution in [2.75, 3.05) is 16.6 Å². The van der Waals surface area contributed by atoms with Gasteiger partial charge < -0.3 is 14.6 Å². The Morgan fingerprint density at radius 1 is 0.838 bits per heavy atom. The van der Waals surface area contributed by atoms with Gasteiger partial charge in [-0.15, -0.1) is 0 Å². The van der Waals surface area contributed by atoms with Crippen molar-refractivity contribution in [1.29, 1.82) is 0 Å². The molecular weight excluding hydrogens is 486 g/mol. The molecule has 8 heteroatoms. The van der Waals surface area contributed by atoms with Gasteiger partial charge in [-0.25, -0.2) is 8.42 Å². The Bertz CT molecular complexity index is 1690. The molecule has 0 unspecified atom stereocenters. The van der Waals surface area contributed by atoms with Crippen molar-refractivity contribution >= 4 is 49.1 Å². The number of fused-ring (bicyclic) bond motifs is 3. The van der Waals surface area contributed by atoms with Crippen molar-refractivity contribution in [1.82, 2.24) is 4.57 Å². The molecule has 0 spiro atoms. The van der Waals surface area contributed by atoms with Gasteiger partial charge in [-0.3, -0.25) is 9.52 Å². The summed E-state index contributed by atoms with van der Waals surface area (Å²) in [6.45, 7) is 4.69. The second-order valence-corrected chi connectivity index (χ2v) is 10.5. The molecular formula is C29H27N3O4S. The van der Waals surface area contributed by atoms with Gasteiger partial charge in [0, 0.05) is 39.7 Å². The van der Waals surface area contributed by atoms with Crippen LogP contribution in [0.5, 0.6) is 5.75 Å². The lowest BCUT2D eigenvalue weighted by atomic mass is 10.1. The number of sulfonamides is 1. The van der Waals surface area contributed by atoms with Crippen molar-refractivity contribution in [2.45, 2.75) is 25.3 Å². The van der Waals surface area contributed by atoms with Crippen LogP contribution in [0.1, 0.15) is 12.5 Å². The number of aromatic nitrogens is 1. The van der Waals surface area contributed by atoms with E-state index in [1.807, 2.05) is 49.4 Å². The van der Waals surface area contributed by atoms with Crippen molar-refractivity contribution in [3.63, 3.8) is 0 Å². The van der Waals surface area contributed by atoms with Crippen LogP contribution in [-0.4, -0.2) is 25.5 Å². The molecule has 0 aliphatic carbocycles. The first-order chi connectivity index (χ1) is 17.8. The predicted octanol–water partition coefficient (Wildman–Crippen LogP) is 5.94. The molecule has 0 aliphatic heterocycles. The molecule has 7 nitrogen and oxygen atoms in total. The minimum Gasteiger partial charge on any atom is -0.484 e. The van der Waals surface area contributed by atoms with Crippen LogP contribution in [-0.2, 0) is 21.4 Å². The molecule has 0 saturated heterocycles. The summed E-state index contributed by atoms with van der Waals surface area (Å²) in [6.07, 6.45) is 0. The maximum Gasteiger partial charge on any atom is 0.262 e. The number of ether oxygens (including phenoxy) is 1. The van der Waals surface area contributed by atoms with E-state index in [0.29, 0.717) is 17.1 Å². The van der Waals surface area contributed by atoms with Gasteiger partial charge >= 0.3 is 0 Å². The third kappa shape index (κ3) is 5.15. The number of benzene rings is 4. The Balaban J connectivity index is 1.23. The zero-order valence-corrected chi connectivity index (χ0v) is 21.4. The topological polar surface area (TPSA) is 89.4 Å². The summed E-state index contributed by atoms with van der Waals surface area (Å²) >= 11 is 0. The SMILES string of the molecule is CCn1c2ccccc2c2cc(NC(=O)COc3ccc(S(=O)(=O)Nc4ccc(C)cc4)cc3)ccc21. The van der Waals surface area contributed by atoms with Gasteiger partial charge in [-0.05, 0) is 74.5 Å². The maximum atomic E-state index is 12.6. The number of rotatable bonds is 8. The number of aryl methyl sites for hydroxylation is 2. The molecule has 188 valence electrons. The van der Waals surface area contributed by atoms with Crippen LogP contribution in [0.25, 0.3) is 21.8 Å². The number of carbonyl (C=O) groups is 1. The van der Waals surface area contributed by atoms with E-state index >= 15 is 0 Å². The van der Waals surface area contributed by atoms with Crippen LogP contribution in [0.4, 0.5) is 11.4 Å². The molecule has 5 rings (SSSR count). The third-order valence-electron chi connectivity index (χ3n) is 6.18. The lowest BCUT2D eigenvalue weighted by Crippen LogP contribution is -2.20. The van der Waals surface area contributed by atoms with Gasteiger partial charge in [0.15, 0.2) is 6.61 Å². The highest BCUT2D eigenvalue weighted by molar-refractivity contribution is 7.92. The standard InChI is InChI=1S/C29H27N3O4S/c1-3-32-27-7-5-4-6-25(27)26-18-22(12-17-28(26)32)30-29(33)19-36-23-13-15-24(16-14-23)37(34,35)31-21-10-8-20(2)9-11-21/h4-18,31H,3,19H2,1-2H3,(H,30,33). The second-order valence-electron chi connectivity index (χ2n) is 8.77. The summed E-state index contributed by atoms with van der Waals surface area (Å²) < 4.78 is 35.7. The largest absolute Gasteiger partial charge is 0.484 e. The van der Waals surface area contributed by atoms with Crippen molar-refractivity contribution in [2.24, 2.45) is 0 Å². The second kappa shape index (κ2) is 9.99. The van der Waals surface area contributed by atoms with Crippen LogP contribution >= 0.6 is 0 Å². The quantitative estimate of drug-likeness (QED) is 0.269. The first-order valence-corrected chi connectivity index (χ1v) is 13.5. The van der Waals surface area contributed by atoms with Crippen molar-refractivity contribution < 1.29 is 17.9 Å². The normalized spacial score (nSPS) is 11.5. The molecule has 2 N–H and O–H groups in total. The summed E-state index contributed by atoms with van der Waals surface area (Å²) in [5.41, 5.74) is 4.48. The minimum atomic E-state index is -3.74. The summed E-state index contributed by atoms with van der Waals surface area (Å²) in [4.78, 5) is 12.7. The Labute approximate surface area is 215 Å². The third-order valence-corrected chi connectivity index (χ3v) is 7.58. The smallest absolute Gasteiger partial charge is 0.262 e. The highest BCUT2D eigenvalue weighted by Gasteiger charge is 2.15. The van der Waals surface area contributed by atoms with E-state index in [0.717, 1.165) is 33.9 Å². The summed E-state index contributed by atoms with van der Waals surface area (Å²) in [6, 6.07) is 27.1. The molecule has 0 atom stereocenters. The van der Waals surface area contributed by atoms with E-state index < -0.39 is 10.0 Å². The van der Waals surface area contributed by atoms with Gasteiger partial charge in [-0.1, -0.05) is 35.9 Å². The zero-order valence-electron chi connectivity index (χ0n) is 20.6. The number of nitrogens with one attached hydrogen (secondary N) is 2. The van der Waals surface area contributed by atoms with Crippen molar-refractivity contribution in [3.8, 4) is 5.75 Å². The van der Waals surface area contributed by atoms with Gasteiger partial charge in [0.25, 0.3) is 15.9 Å². The number of hydrogen-bond donors (Lipinski definition) is 2. The first kappa shape index (κ1) is 24.4. The number of anilines is 2. The molecule has 1 amide bonds. The monoisotopic (exact) mass is 513 g/mol. The molecule has 1 aromatic heterocycles. The fourth-order valence-corrected chi connectivity index (χ4v) is 5.43. The first-order valence-electron chi connectivity index (χ1n) is 12.0. The van der Waals surface area contributed by atoms with E-state index in [9.17, 15) is 13.2 Å². The van der Waals surface area contributed by atoms with E-state index in [1.165, 1.54) is 24.3 Å². The molecule has 0 saturated carbocycles. The number of para-hydroxylation sites is 1. The molecule has 4 aromatic carbocycles. The maximum absolute atomic E-state index is 12.6. The minimum absolute atomic E-state index is 0.101. The average molecular weight is 514 g/mol. The molecule has 1 heterocycles. The van der Waals surface area contributed by atoms with Gasteiger partial charge in [0.05, 0.1) is 4.90 Å². The van der Waals surface area contributed by atoms with E-state index in [2.05, 4.69) is 33.7 Å². The molecule has 0 aliphatic rings. The Kier molecular flexibility index (Phi) is 6.58. The summed E-state index contributed by atoms with van der Waals surface area (Å²) in [7, 11) is -3.74. The fraction of sp³-hybridized carbons (Fsp3) is 0.138. The molecule has 5 aromatic rings. The van der Waals surface area contributed by atoms with E-state index in [4.69, 9.17) is 4.74 Å². The lowest BCUT2D eigenvalue weighted by Gasteiger charge is -2.10. The van der Waals surface area contributed by atoms with Gasteiger partial charge in [0.2, 0.25) is 0 Å². The van der Waals surface area contributed by atoms with Gasteiger partial charge in [-0.2, -0.15) is 0 Å². The van der Waals surface area contributed by atoms with Crippen LogP contribution in [0.3, 0.4) is 0 Å². The average Bonchev–Trinajstić information content (AvgIpc) is 3.22. The number of carbonyl (C=O) groups excluding carboxylic acids is 1. The van der Waals surface area contributed by atoms with Crippen LogP contribution in [0.15, 0.2) is 95.9 Å². The zero-order chi connectivity index (χ0) is 26.0. The molecule has 37 heavy (non-hydrogen) atoms.